The third-order valence-electron chi connectivity index (χ3n) is 2.61. The Morgan fingerprint density at radius 3 is 2.45 bits per heavy atom. The van der Waals surface area contributed by atoms with E-state index >= 15 is 0 Å². The Balaban J connectivity index is 1.97. The lowest BCUT2D eigenvalue weighted by Crippen LogP contribution is -2.20. The number of rotatable bonds is 3. The van der Waals surface area contributed by atoms with Gasteiger partial charge in [-0.15, -0.1) is 0 Å². The van der Waals surface area contributed by atoms with E-state index in [1.165, 1.54) is 0 Å². The van der Waals surface area contributed by atoms with Crippen LogP contribution in [0.5, 0.6) is 0 Å². The summed E-state index contributed by atoms with van der Waals surface area (Å²) in [6.45, 7) is 0. The van der Waals surface area contributed by atoms with E-state index < -0.39 is 0 Å². The number of urea groups is 1. The molecule has 0 unspecified atom stereocenters. The minimum absolute atomic E-state index is 0.326. The Morgan fingerprint density at radius 2 is 1.85 bits per heavy atom. The molecule has 2 aromatic rings. The minimum Gasteiger partial charge on any atom is -0.378 e. The van der Waals surface area contributed by atoms with Gasteiger partial charge in [-0.1, -0.05) is 15.9 Å². The number of nitrogens with zero attached hydrogens (tertiary/aromatic N) is 2. The molecule has 20 heavy (non-hydrogen) atoms. The average Bonchev–Trinajstić information content (AvgIpc) is 2.39. The molecule has 1 aromatic carbocycles. The van der Waals surface area contributed by atoms with Crippen LogP contribution in [-0.2, 0) is 0 Å². The number of hydrogen-bond donors (Lipinski definition) is 2. The van der Waals surface area contributed by atoms with Crippen molar-refractivity contribution < 1.29 is 4.79 Å². The molecule has 0 aliphatic carbocycles. The van der Waals surface area contributed by atoms with Crippen LogP contribution in [0, 0.1) is 0 Å². The van der Waals surface area contributed by atoms with Crippen molar-refractivity contribution in [2.24, 2.45) is 0 Å². The molecule has 2 amide bonds. The van der Waals surface area contributed by atoms with Crippen molar-refractivity contribution >= 4 is 39.2 Å². The van der Waals surface area contributed by atoms with Gasteiger partial charge in [-0.3, -0.25) is 5.32 Å². The van der Waals surface area contributed by atoms with Crippen molar-refractivity contribution in [2.45, 2.75) is 0 Å². The molecule has 2 rings (SSSR count). The fourth-order valence-corrected chi connectivity index (χ4v) is 1.93. The van der Waals surface area contributed by atoms with Crippen LogP contribution in [0.1, 0.15) is 0 Å². The van der Waals surface area contributed by atoms with Crippen molar-refractivity contribution in [1.82, 2.24) is 4.98 Å². The molecule has 1 heterocycles. The number of carbonyl (C=O) groups is 1. The molecule has 0 bridgehead atoms. The highest BCUT2D eigenvalue weighted by Gasteiger charge is 2.04. The van der Waals surface area contributed by atoms with E-state index in [4.69, 9.17) is 0 Å². The van der Waals surface area contributed by atoms with Crippen molar-refractivity contribution in [1.29, 1.82) is 0 Å². The van der Waals surface area contributed by atoms with E-state index in [1.807, 2.05) is 43.3 Å². The summed E-state index contributed by atoms with van der Waals surface area (Å²) in [4.78, 5) is 17.9. The van der Waals surface area contributed by atoms with E-state index in [1.54, 1.807) is 18.3 Å². The van der Waals surface area contributed by atoms with E-state index in [-0.39, 0.29) is 6.03 Å². The van der Waals surface area contributed by atoms with Gasteiger partial charge in [0.15, 0.2) is 0 Å². The van der Waals surface area contributed by atoms with Gasteiger partial charge in [0, 0.05) is 36.1 Å². The lowest BCUT2D eigenvalue weighted by atomic mass is 10.2. The summed E-state index contributed by atoms with van der Waals surface area (Å²) in [7, 11) is 3.93. The SMILES string of the molecule is CN(C)c1ccc(NC(=O)Nc2cc(Br)ccn2)cc1. The van der Waals surface area contributed by atoms with Gasteiger partial charge in [0.05, 0.1) is 0 Å². The Hall–Kier alpha value is -2.08. The highest BCUT2D eigenvalue weighted by Crippen LogP contribution is 2.16. The third-order valence-corrected chi connectivity index (χ3v) is 3.10. The fourth-order valence-electron chi connectivity index (χ4n) is 1.59. The molecule has 1 aromatic heterocycles. The van der Waals surface area contributed by atoms with Gasteiger partial charge in [0.25, 0.3) is 0 Å². The van der Waals surface area contributed by atoms with Crippen LogP contribution in [0.4, 0.5) is 22.0 Å². The first-order chi connectivity index (χ1) is 9.54. The second kappa shape index (κ2) is 6.38. The Kier molecular flexibility index (Phi) is 4.57. The molecule has 5 nitrogen and oxygen atoms in total. The molecule has 0 saturated heterocycles. The highest BCUT2D eigenvalue weighted by atomic mass is 79.9. The standard InChI is InChI=1S/C14H15BrN4O/c1-19(2)12-5-3-11(4-6-12)17-14(20)18-13-9-10(15)7-8-16-13/h3-9H,1-2H3,(H2,16,17,18,20). The molecule has 0 spiro atoms. The van der Waals surface area contributed by atoms with Crippen molar-refractivity contribution in [3.8, 4) is 0 Å². The summed E-state index contributed by atoms with van der Waals surface area (Å²) >= 11 is 3.32. The molecular formula is C14H15BrN4O. The first kappa shape index (κ1) is 14.3. The van der Waals surface area contributed by atoms with Gasteiger partial charge < -0.3 is 10.2 Å². The maximum absolute atomic E-state index is 11.8. The van der Waals surface area contributed by atoms with Gasteiger partial charge in [-0.2, -0.15) is 0 Å². The fraction of sp³-hybridized carbons (Fsp3) is 0.143. The summed E-state index contributed by atoms with van der Waals surface area (Å²) in [6, 6.07) is 10.8. The summed E-state index contributed by atoms with van der Waals surface area (Å²) in [5, 5.41) is 5.42. The zero-order chi connectivity index (χ0) is 14.5. The number of benzene rings is 1. The average molecular weight is 335 g/mol. The lowest BCUT2D eigenvalue weighted by Gasteiger charge is -2.13. The zero-order valence-electron chi connectivity index (χ0n) is 11.2. The minimum atomic E-state index is -0.326. The van der Waals surface area contributed by atoms with Gasteiger partial charge in [0.1, 0.15) is 5.82 Å². The molecule has 6 heteroatoms. The van der Waals surface area contributed by atoms with Crippen molar-refractivity contribution in [2.75, 3.05) is 29.6 Å². The maximum Gasteiger partial charge on any atom is 0.324 e. The molecule has 0 aliphatic heterocycles. The lowest BCUT2D eigenvalue weighted by molar-refractivity contribution is 0.262. The maximum atomic E-state index is 11.8. The number of amides is 2. The Morgan fingerprint density at radius 1 is 1.15 bits per heavy atom. The van der Waals surface area contributed by atoms with Gasteiger partial charge in [0.2, 0.25) is 0 Å². The summed E-state index contributed by atoms with van der Waals surface area (Å²) in [6.07, 6.45) is 1.62. The Bertz CT molecular complexity index is 598. The van der Waals surface area contributed by atoms with E-state index in [2.05, 4.69) is 31.5 Å². The number of nitrogens with one attached hydrogen (secondary N) is 2. The van der Waals surface area contributed by atoms with Crippen LogP contribution < -0.4 is 15.5 Å². The molecule has 0 radical (unpaired) electrons. The second-order valence-electron chi connectivity index (χ2n) is 4.38. The Labute approximate surface area is 126 Å². The van der Waals surface area contributed by atoms with E-state index in [9.17, 15) is 4.79 Å². The molecule has 0 aliphatic rings. The van der Waals surface area contributed by atoms with Crippen LogP contribution in [-0.4, -0.2) is 25.1 Å². The number of carbonyl (C=O) groups excluding carboxylic acids is 1. The largest absolute Gasteiger partial charge is 0.378 e. The monoisotopic (exact) mass is 334 g/mol. The van der Waals surface area contributed by atoms with Crippen molar-refractivity contribution in [3.05, 3.63) is 47.1 Å². The molecule has 0 atom stereocenters. The van der Waals surface area contributed by atoms with Crippen LogP contribution in [0.15, 0.2) is 47.1 Å². The zero-order valence-corrected chi connectivity index (χ0v) is 12.8. The predicted molar refractivity (Wildman–Crippen MR) is 85.3 cm³/mol. The van der Waals surface area contributed by atoms with Crippen LogP contribution in [0.2, 0.25) is 0 Å². The van der Waals surface area contributed by atoms with Crippen molar-refractivity contribution in [3.63, 3.8) is 0 Å². The first-order valence-corrected chi connectivity index (χ1v) is 6.81. The normalized spacial score (nSPS) is 9.95. The number of hydrogen-bond acceptors (Lipinski definition) is 3. The number of pyridine rings is 1. The van der Waals surface area contributed by atoms with Crippen LogP contribution in [0.3, 0.4) is 0 Å². The van der Waals surface area contributed by atoms with Gasteiger partial charge in [-0.25, -0.2) is 9.78 Å². The third kappa shape index (κ3) is 3.96. The van der Waals surface area contributed by atoms with E-state index in [0.717, 1.165) is 15.8 Å². The summed E-state index contributed by atoms with van der Waals surface area (Å²) in [5.41, 5.74) is 1.80. The molecule has 2 N–H and O–H groups in total. The van der Waals surface area contributed by atoms with Gasteiger partial charge >= 0.3 is 6.03 Å². The van der Waals surface area contributed by atoms with Gasteiger partial charge in [-0.05, 0) is 36.4 Å². The quantitative estimate of drug-likeness (QED) is 0.902. The smallest absolute Gasteiger partial charge is 0.324 e. The second-order valence-corrected chi connectivity index (χ2v) is 5.30. The van der Waals surface area contributed by atoms with E-state index in [0.29, 0.717) is 5.82 Å². The number of aromatic nitrogens is 1. The number of anilines is 3. The molecule has 0 fully saturated rings. The topological polar surface area (TPSA) is 57.3 Å². The van der Waals surface area contributed by atoms with Crippen LogP contribution >= 0.6 is 15.9 Å². The first-order valence-electron chi connectivity index (χ1n) is 6.01. The summed E-state index contributed by atoms with van der Waals surface area (Å²) < 4.78 is 0.859. The molecular weight excluding hydrogens is 320 g/mol. The predicted octanol–water partition coefficient (Wildman–Crippen LogP) is 3.55. The molecule has 0 saturated carbocycles. The highest BCUT2D eigenvalue weighted by molar-refractivity contribution is 9.10. The molecule has 104 valence electrons. The van der Waals surface area contributed by atoms with Crippen LogP contribution in [0.25, 0.3) is 0 Å². The number of halogens is 1. The summed E-state index contributed by atoms with van der Waals surface area (Å²) in [5.74, 6) is 0.488.